The molecule has 4 aromatic rings. The van der Waals surface area contributed by atoms with Crippen molar-refractivity contribution < 1.29 is 14.7 Å². The lowest BCUT2D eigenvalue weighted by Crippen LogP contribution is -2.09. The van der Waals surface area contributed by atoms with Gasteiger partial charge in [0.05, 0.1) is 23.5 Å². The SMILES string of the molecule is Cc1ccc(C(=O)c2cccn2C/C=C/c2ccn(Cc3ccc(Cl)cc3C(=O)O)n2)cc1. The number of ketones is 1. The number of hydrogen-bond donors (Lipinski definition) is 1. The van der Waals surface area contributed by atoms with Gasteiger partial charge in [-0.15, -0.1) is 0 Å². The van der Waals surface area contributed by atoms with Gasteiger partial charge in [-0.05, 0) is 48.9 Å². The summed E-state index contributed by atoms with van der Waals surface area (Å²) in [5.41, 5.74) is 3.91. The third-order valence-electron chi connectivity index (χ3n) is 5.26. The van der Waals surface area contributed by atoms with Gasteiger partial charge in [-0.3, -0.25) is 9.48 Å². The second-order valence-corrected chi connectivity index (χ2v) is 8.12. The average Bonchev–Trinajstić information content (AvgIpc) is 3.44. The van der Waals surface area contributed by atoms with Crippen molar-refractivity contribution in [3.63, 3.8) is 0 Å². The molecular formula is C26H22ClN3O3. The summed E-state index contributed by atoms with van der Waals surface area (Å²) in [6.07, 6.45) is 7.47. The Hall–Kier alpha value is -3.90. The van der Waals surface area contributed by atoms with Gasteiger partial charge in [-0.2, -0.15) is 5.10 Å². The van der Waals surface area contributed by atoms with Crippen LogP contribution in [0.25, 0.3) is 6.08 Å². The molecule has 6 nitrogen and oxygen atoms in total. The van der Waals surface area contributed by atoms with Crippen molar-refractivity contribution in [3.8, 4) is 0 Å². The fourth-order valence-corrected chi connectivity index (χ4v) is 3.71. The first-order valence-electron chi connectivity index (χ1n) is 10.4. The maximum Gasteiger partial charge on any atom is 0.336 e. The summed E-state index contributed by atoms with van der Waals surface area (Å²) in [4.78, 5) is 24.3. The second kappa shape index (κ2) is 9.71. The molecular weight excluding hydrogens is 438 g/mol. The molecule has 1 N–H and O–H groups in total. The molecule has 0 aliphatic heterocycles. The van der Waals surface area contributed by atoms with Crippen molar-refractivity contribution >= 4 is 29.4 Å². The third-order valence-corrected chi connectivity index (χ3v) is 5.50. The number of aryl methyl sites for hydroxylation is 1. The quantitative estimate of drug-likeness (QED) is 0.361. The lowest BCUT2D eigenvalue weighted by atomic mass is 10.1. The summed E-state index contributed by atoms with van der Waals surface area (Å²) in [5.74, 6) is -1.04. The normalized spacial score (nSPS) is 11.2. The molecule has 166 valence electrons. The first-order valence-corrected chi connectivity index (χ1v) is 10.8. The average molecular weight is 460 g/mol. The molecule has 0 aliphatic rings. The molecule has 0 fully saturated rings. The largest absolute Gasteiger partial charge is 0.478 e. The molecule has 7 heteroatoms. The summed E-state index contributed by atoms with van der Waals surface area (Å²) >= 11 is 5.92. The monoisotopic (exact) mass is 459 g/mol. The molecule has 0 amide bonds. The Morgan fingerprint density at radius 1 is 1.06 bits per heavy atom. The maximum atomic E-state index is 12.8. The van der Waals surface area contributed by atoms with Crippen LogP contribution >= 0.6 is 11.6 Å². The Labute approximate surface area is 196 Å². The molecule has 4 rings (SSSR count). The van der Waals surface area contributed by atoms with E-state index in [0.29, 0.717) is 34.9 Å². The number of carboxylic acid groups (broad SMARTS) is 1. The van der Waals surface area contributed by atoms with Crippen LogP contribution in [0.4, 0.5) is 0 Å². The van der Waals surface area contributed by atoms with Crippen LogP contribution in [0.1, 0.15) is 43.2 Å². The zero-order valence-corrected chi connectivity index (χ0v) is 18.7. The van der Waals surface area contributed by atoms with Crippen molar-refractivity contribution in [2.75, 3.05) is 0 Å². The zero-order chi connectivity index (χ0) is 23.4. The van der Waals surface area contributed by atoms with Gasteiger partial charge >= 0.3 is 5.97 Å². The van der Waals surface area contributed by atoms with Crippen molar-refractivity contribution in [3.05, 3.63) is 118 Å². The van der Waals surface area contributed by atoms with E-state index < -0.39 is 5.97 Å². The number of hydrogen-bond acceptors (Lipinski definition) is 3. The number of carboxylic acids is 1. The highest BCUT2D eigenvalue weighted by Gasteiger charge is 2.13. The Bertz CT molecular complexity index is 1330. The Morgan fingerprint density at radius 2 is 1.85 bits per heavy atom. The van der Waals surface area contributed by atoms with Crippen molar-refractivity contribution in [2.45, 2.75) is 20.0 Å². The van der Waals surface area contributed by atoms with Crippen molar-refractivity contribution in [1.82, 2.24) is 14.3 Å². The molecule has 2 aromatic heterocycles. The van der Waals surface area contributed by atoms with Crippen LogP contribution in [0.3, 0.4) is 0 Å². The highest BCUT2D eigenvalue weighted by atomic mass is 35.5. The standard InChI is InChI=1S/C26H22ClN3O3/c1-18-6-8-19(9-7-18)25(31)24-5-3-14-29(24)13-2-4-22-12-15-30(28-22)17-20-10-11-21(27)16-23(20)26(32)33/h2-12,14-16H,13,17H2,1H3,(H,32,33)/b4-2+. The number of aromatic nitrogens is 3. The number of nitrogens with zero attached hydrogens (tertiary/aromatic N) is 3. The maximum absolute atomic E-state index is 12.8. The number of allylic oxidation sites excluding steroid dienone is 1. The van der Waals surface area contributed by atoms with E-state index in [1.165, 1.54) is 6.07 Å². The first-order chi connectivity index (χ1) is 15.9. The van der Waals surface area contributed by atoms with Gasteiger partial charge in [0.1, 0.15) is 0 Å². The summed E-state index contributed by atoms with van der Waals surface area (Å²) in [6.45, 7) is 2.83. The molecule has 0 radical (unpaired) electrons. The highest BCUT2D eigenvalue weighted by Crippen LogP contribution is 2.18. The van der Waals surface area contributed by atoms with Crippen LogP contribution in [0.2, 0.25) is 5.02 Å². The molecule has 0 aliphatic carbocycles. The van der Waals surface area contributed by atoms with Gasteiger partial charge in [0.25, 0.3) is 0 Å². The van der Waals surface area contributed by atoms with E-state index >= 15 is 0 Å². The van der Waals surface area contributed by atoms with Crippen LogP contribution in [-0.2, 0) is 13.1 Å². The molecule has 33 heavy (non-hydrogen) atoms. The topological polar surface area (TPSA) is 77.1 Å². The molecule has 0 unspecified atom stereocenters. The summed E-state index contributed by atoms with van der Waals surface area (Å²) in [6, 6.07) is 17.9. The van der Waals surface area contributed by atoms with Crippen LogP contribution in [0, 0.1) is 6.92 Å². The number of carbonyl (C=O) groups excluding carboxylic acids is 1. The zero-order valence-electron chi connectivity index (χ0n) is 18.0. The third kappa shape index (κ3) is 5.30. The van der Waals surface area contributed by atoms with E-state index in [2.05, 4.69) is 5.10 Å². The van der Waals surface area contributed by atoms with Gasteiger partial charge in [-0.1, -0.05) is 53.6 Å². The summed E-state index contributed by atoms with van der Waals surface area (Å²) < 4.78 is 3.57. The predicted octanol–water partition coefficient (Wildman–Crippen LogP) is 5.34. The number of aromatic carboxylic acids is 1. The van der Waals surface area contributed by atoms with E-state index in [1.807, 2.05) is 72.3 Å². The van der Waals surface area contributed by atoms with Crippen LogP contribution < -0.4 is 0 Å². The van der Waals surface area contributed by atoms with Gasteiger partial charge in [-0.25, -0.2) is 4.79 Å². The fraction of sp³-hybridized carbons (Fsp3) is 0.115. The second-order valence-electron chi connectivity index (χ2n) is 7.69. The number of benzene rings is 2. The summed E-state index contributed by atoms with van der Waals surface area (Å²) in [7, 11) is 0. The lowest BCUT2D eigenvalue weighted by Gasteiger charge is -2.07. The van der Waals surface area contributed by atoms with E-state index in [0.717, 1.165) is 11.3 Å². The number of halogens is 1. The Kier molecular flexibility index (Phi) is 6.56. The Morgan fingerprint density at radius 3 is 2.61 bits per heavy atom. The number of carbonyl (C=O) groups is 2. The van der Waals surface area contributed by atoms with Gasteiger partial charge in [0, 0.05) is 29.5 Å². The molecule has 0 spiro atoms. The van der Waals surface area contributed by atoms with Gasteiger partial charge < -0.3 is 9.67 Å². The van der Waals surface area contributed by atoms with Crippen LogP contribution in [0.5, 0.6) is 0 Å². The molecule has 0 bridgehead atoms. The minimum Gasteiger partial charge on any atom is -0.478 e. The first kappa shape index (κ1) is 22.3. The molecule has 0 saturated carbocycles. The smallest absolute Gasteiger partial charge is 0.336 e. The molecule has 0 atom stereocenters. The van der Waals surface area contributed by atoms with Crippen LogP contribution in [0.15, 0.2) is 79.1 Å². The van der Waals surface area contributed by atoms with Gasteiger partial charge in [0.2, 0.25) is 5.78 Å². The minimum absolute atomic E-state index is 0.0186. The van der Waals surface area contributed by atoms with Crippen molar-refractivity contribution in [1.29, 1.82) is 0 Å². The van der Waals surface area contributed by atoms with E-state index in [9.17, 15) is 14.7 Å². The van der Waals surface area contributed by atoms with E-state index in [4.69, 9.17) is 11.6 Å². The van der Waals surface area contributed by atoms with Gasteiger partial charge in [0.15, 0.2) is 0 Å². The van der Waals surface area contributed by atoms with Crippen molar-refractivity contribution in [2.24, 2.45) is 0 Å². The van der Waals surface area contributed by atoms with E-state index in [-0.39, 0.29) is 11.3 Å². The Balaban J connectivity index is 1.43. The minimum atomic E-state index is -1.03. The lowest BCUT2D eigenvalue weighted by molar-refractivity contribution is 0.0695. The molecule has 0 saturated heterocycles. The molecule has 2 heterocycles. The predicted molar refractivity (Wildman–Crippen MR) is 128 cm³/mol. The number of rotatable bonds is 8. The van der Waals surface area contributed by atoms with Crippen LogP contribution in [-0.4, -0.2) is 31.2 Å². The fourth-order valence-electron chi connectivity index (χ4n) is 3.53. The highest BCUT2D eigenvalue weighted by molar-refractivity contribution is 6.31. The van der Waals surface area contributed by atoms with E-state index in [1.54, 1.807) is 23.0 Å². The molecule has 2 aromatic carbocycles. The summed E-state index contributed by atoms with van der Waals surface area (Å²) in [5, 5.41) is 14.3.